The van der Waals surface area contributed by atoms with Gasteiger partial charge in [0.25, 0.3) is 5.91 Å². The summed E-state index contributed by atoms with van der Waals surface area (Å²) in [4.78, 5) is 12.9. The molecule has 0 saturated heterocycles. The largest absolute Gasteiger partial charge is 0.435 e. The number of carbonyl (C=O) groups excluding carboxylic acids is 1. The third kappa shape index (κ3) is 4.86. The first-order valence-corrected chi connectivity index (χ1v) is 8.71. The van der Waals surface area contributed by atoms with Gasteiger partial charge in [-0.15, -0.1) is 0 Å². The molecule has 0 fully saturated rings. The number of alkyl halides is 2. The fourth-order valence-electron chi connectivity index (χ4n) is 2.10. The van der Waals surface area contributed by atoms with Crippen LogP contribution in [0.15, 0.2) is 53.4 Å². The van der Waals surface area contributed by atoms with Gasteiger partial charge in [-0.1, -0.05) is 12.1 Å². The minimum Gasteiger partial charge on any atom is -0.435 e. The number of carbonyl (C=O) groups is 1. The maximum absolute atomic E-state index is 12.2. The van der Waals surface area contributed by atoms with Gasteiger partial charge in [-0.25, -0.2) is 0 Å². The first-order chi connectivity index (χ1) is 11.4. The number of nitrogens with one attached hydrogen (secondary N) is 1. The molecule has 2 unspecified atom stereocenters. The van der Waals surface area contributed by atoms with E-state index in [1.54, 1.807) is 49.6 Å². The smallest absolute Gasteiger partial charge is 0.387 e. The molecule has 0 aliphatic rings. The van der Waals surface area contributed by atoms with E-state index in [-0.39, 0.29) is 17.7 Å². The van der Waals surface area contributed by atoms with E-state index in [1.807, 2.05) is 0 Å². The van der Waals surface area contributed by atoms with Crippen molar-refractivity contribution < 1.29 is 22.5 Å². The van der Waals surface area contributed by atoms with E-state index < -0.39 is 17.4 Å². The van der Waals surface area contributed by atoms with Gasteiger partial charge in [0.05, 0.1) is 6.04 Å². The number of rotatable bonds is 6. The topological polar surface area (TPSA) is 55.4 Å². The summed E-state index contributed by atoms with van der Waals surface area (Å²) in [6.07, 6.45) is 1.57. The molecule has 2 atom stereocenters. The number of amides is 1. The SMILES string of the molecule is CC(NC(=O)c1ccc(S(C)=O)cc1)c1ccc(OC(F)F)cc1. The van der Waals surface area contributed by atoms with Gasteiger partial charge in [0.15, 0.2) is 0 Å². The van der Waals surface area contributed by atoms with Crippen molar-refractivity contribution in [1.29, 1.82) is 0 Å². The van der Waals surface area contributed by atoms with Gasteiger partial charge in [0.2, 0.25) is 0 Å². The van der Waals surface area contributed by atoms with Crippen molar-refractivity contribution in [2.75, 3.05) is 6.26 Å². The minimum atomic E-state index is -2.87. The van der Waals surface area contributed by atoms with Crippen LogP contribution >= 0.6 is 0 Å². The second-order valence-corrected chi connectivity index (χ2v) is 6.50. The Balaban J connectivity index is 2.01. The molecular formula is C17H17F2NO3S. The number of hydrogen-bond donors (Lipinski definition) is 1. The lowest BCUT2D eigenvalue weighted by Gasteiger charge is -2.15. The Morgan fingerprint density at radius 3 is 2.17 bits per heavy atom. The molecule has 4 nitrogen and oxygen atoms in total. The summed E-state index contributed by atoms with van der Waals surface area (Å²) in [5, 5.41) is 2.82. The standard InChI is InChI=1S/C17H17F2NO3S/c1-11(12-3-7-14(8-4-12)23-17(18)19)20-16(21)13-5-9-15(10-6-13)24(2)22/h3-11,17H,1-2H3,(H,20,21). The van der Waals surface area contributed by atoms with E-state index >= 15 is 0 Å². The van der Waals surface area contributed by atoms with Crippen molar-refractivity contribution >= 4 is 16.7 Å². The first-order valence-electron chi connectivity index (χ1n) is 7.16. The molecule has 7 heteroatoms. The monoisotopic (exact) mass is 353 g/mol. The van der Waals surface area contributed by atoms with E-state index in [0.717, 1.165) is 5.56 Å². The van der Waals surface area contributed by atoms with Crippen LogP contribution in [0.5, 0.6) is 5.75 Å². The molecule has 2 rings (SSSR count). The average Bonchev–Trinajstić information content (AvgIpc) is 2.55. The Kier molecular flexibility index (Phi) is 6.03. The summed E-state index contributed by atoms with van der Waals surface area (Å²) in [5.41, 5.74) is 1.21. The predicted octanol–water partition coefficient (Wildman–Crippen LogP) is 3.52. The van der Waals surface area contributed by atoms with Gasteiger partial charge in [-0.2, -0.15) is 8.78 Å². The second-order valence-electron chi connectivity index (χ2n) is 5.12. The molecule has 24 heavy (non-hydrogen) atoms. The molecule has 0 aliphatic heterocycles. The van der Waals surface area contributed by atoms with Crippen LogP contribution < -0.4 is 10.1 Å². The summed E-state index contributed by atoms with van der Waals surface area (Å²) >= 11 is 0. The Hall–Kier alpha value is -2.28. The highest BCUT2D eigenvalue weighted by molar-refractivity contribution is 7.84. The minimum absolute atomic E-state index is 0.0652. The molecule has 0 bridgehead atoms. The Bertz CT molecular complexity index is 718. The van der Waals surface area contributed by atoms with Gasteiger partial charge < -0.3 is 10.1 Å². The Morgan fingerprint density at radius 1 is 1.08 bits per heavy atom. The number of ether oxygens (including phenoxy) is 1. The quantitative estimate of drug-likeness (QED) is 0.865. The molecular weight excluding hydrogens is 336 g/mol. The van der Waals surface area contributed by atoms with E-state index in [1.165, 1.54) is 12.1 Å². The van der Waals surface area contributed by atoms with E-state index in [2.05, 4.69) is 10.1 Å². The highest BCUT2D eigenvalue weighted by atomic mass is 32.2. The van der Waals surface area contributed by atoms with Crippen LogP contribution in [-0.4, -0.2) is 23.0 Å². The molecule has 0 heterocycles. The molecule has 1 N–H and O–H groups in total. The van der Waals surface area contributed by atoms with Gasteiger partial charge in [0.1, 0.15) is 5.75 Å². The van der Waals surface area contributed by atoms with Crippen LogP contribution in [0.25, 0.3) is 0 Å². The summed E-state index contributed by atoms with van der Waals surface area (Å²) in [6.45, 7) is -1.08. The molecule has 2 aromatic carbocycles. The summed E-state index contributed by atoms with van der Waals surface area (Å²) in [6, 6.07) is 12.3. The van der Waals surface area contributed by atoms with Crippen LogP contribution in [-0.2, 0) is 10.8 Å². The lowest BCUT2D eigenvalue weighted by molar-refractivity contribution is -0.0498. The summed E-state index contributed by atoms with van der Waals surface area (Å²) < 4.78 is 39.9. The van der Waals surface area contributed by atoms with Crippen molar-refractivity contribution in [3.8, 4) is 5.75 Å². The van der Waals surface area contributed by atoms with Crippen LogP contribution in [0.4, 0.5) is 8.78 Å². The number of hydrogen-bond acceptors (Lipinski definition) is 3. The maximum atomic E-state index is 12.2. The molecule has 1 amide bonds. The van der Waals surface area contributed by atoms with E-state index in [4.69, 9.17) is 0 Å². The summed E-state index contributed by atoms with van der Waals surface area (Å²) in [5.74, 6) is -0.209. The fraction of sp³-hybridized carbons (Fsp3) is 0.235. The number of benzene rings is 2. The predicted molar refractivity (Wildman–Crippen MR) is 87.7 cm³/mol. The zero-order valence-electron chi connectivity index (χ0n) is 13.2. The highest BCUT2D eigenvalue weighted by Gasteiger charge is 2.12. The first kappa shape index (κ1) is 18.1. The van der Waals surface area contributed by atoms with Gasteiger partial charge in [-0.05, 0) is 48.9 Å². The lowest BCUT2D eigenvalue weighted by atomic mass is 10.1. The molecule has 128 valence electrons. The van der Waals surface area contributed by atoms with E-state index in [0.29, 0.717) is 10.5 Å². The molecule has 0 spiro atoms. The fourth-order valence-corrected chi connectivity index (χ4v) is 2.62. The van der Waals surface area contributed by atoms with Crippen molar-refractivity contribution in [2.45, 2.75) is 24.5 Å². The van der Waals surface area contributed by atoms with Crippen LogP contribution in [0.1, 0.15) is 28.9 Å². The van der Waals surface area contributed by atoms with Crippen molar-refractivity contribution in [3.63, 3.8) is 0 Å². The highest BCUT2D eigenvalue weighted by Crippen LogP contribution is 2.19. The number of halogens is 2. The van der Waals surface area contributed by atoms with Gasteiger partial charge in [-0.3, -0.25) is 9.00 Å². The van der Waals surface area contributed by atoms with Crippen LogP contribution in [0.2, 0.25) is 0 Å². The Labute approximate surface area is 141 Å². The second kappa shape index (κ2) is 8.01. The third-order valence-corrected chi connectivity index (χ3v) is 4.34. The van der Waals surface area contributed by atoms with Crippen LogP contribution in [0.3, 0.4) is 0 Å². The molecule has 0 aliphatic carbocycles. The summed E-state index contributed by atoms with van der Waals surface area (Å²) in [7, 11) is -1.09. The zero-order chi connectivity index (χ0) is 17.7. The zero-order valence-corrected chi connectivity index (χ0v) is 14.0. The normalized spacial score (nSPS) is 13.4. The third-order valence-electron chi connectivity index (χ3n) is 3.40. The van der Waals surface area contributed by atoms with Crippen LogP contribution in [0, 0.1) is 0 Å². The van der Waals surface area contributed by atoms with Gasteiger partial charge in [0, 0.05) is 27.5 Å². The van der Waals surface area contributed by atoms with E-state index in [9.17, 15) is 17.8 Å². The van der Waals surface area contributed by atoms with Crippen molar-refractivity contribution in [3.05, 3.63) is 59.7 Å². The molecule has 0 radical (unpaired) electrons. The van der Waals surface area contributed by atoms with Gasteiger partial charge >= 0.3 is 6.61 Å². The lowest BCUT2D eigenvalue weighted by Crippen LogP contribution is -2.26. The van der Waals surface area contributed by atoms with Crippen molar-refractivity contribution in [1.82, 2.24) is 5.32 Å². The Morgan fingerprint density at radius 2 is 1.67 bits per heavy atom. The molecule has 0 aromatic heterocycles. The maximum Gasteiger partial charge on any atom is 0.387 e. The van der Waals surface area contributed by atoms with Crippen molar-refractivity contribution in [2.24, 2.45) is 0 Å². The average molecular weight is 353 g/mol. The molecule has 2 aromatic rings. The molecule has 0 saturated carbocycles.